The van der Waals surface area contributed by atoms with Gasteiger partial charge in [0.25, 0.3) is 5.91 Å². The summed E-state index contributed by atoms with van der Waals surface area (Å²) in [6, 6.07) is 11.9. The number of halogens is 4. The van der Waals surface area contributed by atoms with Crippen molar-refractivity contribution in [3.8, 4) is 0 Å². The van der Waals surface area contributed by atoms with Gasteiger partial charge in [-0.3, -0.25) is 4.79 Å². The summed E-state index contributed by atoms with van der Waals surface area (Å²) in [4.78, 5) is 11.9. The van der Waals surface area contributed by atoms with Crippen molar-refractivity contribution in [2.75, 3.05) is 12.3 Å². The van der Waals surface area contributed by atoms with Gasteiger partial charge >= 0.3 is 6.18 Å². The van der Waals surface area contributed by atoms with Crippen molar-refractivity contribution in [3.05, 3.63) is 70.2 Å². The zero-order chi connectivity index (χ0) is 17.6. The lowest BCUT2D eigenvalue weighted by molar-refractivity contribution is -0.137. The summed E-state index contributed by atoms with van der Waals surface area (Å²) in [5.41, 5.74) is 0.299. The highest BCUT2D eigenvalue weighted by Crippen LogP contribution is 2.29. The summed E-state index contributed by atoms with van der Waals surface area (Å²) in [6.07, 6.45) is -4.45. The van der Waals surface area contributed by atoms with E-state index in [1.54, 1.807) is 11.8 Å². The van der Waals surface area contributed by atoms with Gasteiger partial charge in [-0.25, -0.2) is 0 Å². The standard InChI is InChI=1S/C17H15ClF3NOS/c18-15-6-4-12(5-7-15)11-24-9-8-22-16(23)13-2-1-3-14(10-13)17(19,20)21/h1-7,10H,8-9,11H2,(H,22,23). The molecule has 1 amide bonds. The number of hydrogen-bond acceptors (Lipinski definition) is 2. The van der Waals surface area contributed by atoms with Gasteiger partial charge in [-0.05, 0) is 35.9 Å². The normalized spacial score (nSPS) is 11.3. The minimum absolute atomic E-state index is 0.00697. The Morgan fingerprint density at radius 2 is 1.83 bits per heavy atom. The first-order valence-corrected chi connectivity index (χ1v) is 8.67. The summed E-state index contributed by atoms with van der Waals surface area (Å²) in [7, 11) is 0. The van der Waals surface area contributed by atoms with E-state index < -0.39 is 17.6 Å². The highest BCUT2D eigenvalue weighted by atomic mass is 35.5. The van der Waals surface area contributed by atoms with Gasteiger partial charge in [0.2, 0.25) is 0 Å². The SMILES string of the molecule is O=C(NCCSCc1ccc(Cl)cc1)c1cccc(C(F)(F)F)c1. The Morgan fingerprint density at radius 1 is 1.12 bits per heavy atom. The topological polar surface area (TPSA) is 29.1 Å². The average molecular weight is 374 g/mol. The van der Waals surface area contributed by atoms with Crippen molar-refractivity contribution in [2.24, 2.45) is 0 Å². The van der Waals surface area contributed by atoms with Crippen molar-refractivity contribution in [3.63, 3.8) is 0 Å². The minimum Gasteiger partial charge on any atom is -0.351 e. The van der Waals surface area contributed by atoms with Gasteiger partial charge < -0.3 is 5.32 Å². The number of nitrogens with one attached hydrogen (secondary N) is 1. The fourth-order valence-electron chi connectivity index (χ4n) is 1.95. The maximum Gasteiger partial charge on any atom is 0.416 e. The highest BCUT2D eigenvalue weighted by Gasteiger charge is 2.30. The van der Waals surface area contributed by atoms with E-state index in [1.807, 2.05) is 24.3 Å². The van der Waals surface area contributed by atoms with E-state index in [1.165, 1.54) is 12.1 Å². The van der Waals surface area contributed by atoms with Crippen LogP contribution in [0.15, 0.2) is 48.5 Å². The molecule has 2 nitrogen and oxygen atoms in total. The molecule has 2 aromatic carbocycles. The second kappa shape index (κ2) is 8.44. The van der Waals surface area contributed by atoms with Crippen LogP contribution in [0.4, 0.5) is 13.2 Å². The number of amides is 1. The predicted octanol–water partition coefficient (Wildman–Crippen LogP) is 5.02. The zero-order valence-electron chi connectivity index (χ0n) is 12.6. The van der Waals surface area contributed by atoms with Crippen molar-refractivity contribution >= 4 is 29.3 Å². The first-order chi connectivity index (χ1) is 11.4. The Labute approximate surface area is 147 Å². The molecular formula is C17H15ClF3NOS. The van der Waals surface area contributed by atoms with Crippen molar-refractivity contribution in [1.29, 1.82) is 0 Å². The van der Waals surface area contributed by atoms with Gasteiger partial charge in [0.05, 0.1) is 5.56 Å². The molecule has 0 aliphatic carbocycles. The molecule has 0 saturated heterocycles. The number of hydrogen-bond donors (Lipinski definition) is 1. The van der Waals surface area contributed by atoms with Crippen LogP contribution in [0.25, 0.3) is 0 Å². The number of alkyl halides is 3. The van der Waals surface area contributed by atoms with Crippen LogP contribution < -0.4 is 5.32 Å². The second-order valence-corrected chi connectivity index (χ2v) is 6.56. The lowest BCUT2D eigenvalue weighted by atomic mass is 10.1. The molecule has 0 aliphatic rings. The van der Waals surface area contributed by atoms with E-state index in [9.17, 15) is 18.0 Å². The van der Waals surface area contributed by atoms with Crippen molar-refractivity contribution in [2.45, 2.75) is 11.9 Å². The summed E-state index contributed by atoms with van der Waals surface area (Å²) in [5.74, 6) is 0.928. The summed E-state index contributed by atoms with van der Waals surface area (Å²) in [5, 5.41) is 3.30. The fourth-order valence-corrected chi connectivity index (χ4v) is 2.89. The molecule has 0 saturated carbocycles. The molecule has 0 radical (unpaired) electrons. The van der Waals surface area contributed by atoms with Crippen LogP contribution in [0, 0.1) is 0 Å². The van der Waals surface area contributed by atoms with Gasteiger partial charge in [-0.15, -0.1) is 0 Å². The van der Waals surface area contributed by atoms with E-state index >= 15 is 0 Å². The van der Waals surface area contributed by atoms with Crippen molar-refractivity contribution < 1.29 is 18.0 Å². The van der Waals surface area contributed by atoms with E-state index in [0.29, 0.717) is 17.3 Å². The molecule has 0 spiro atoms. The molecule has 2 rings (SSSR count). The second-order valence-electron chi connectivity index (χ2n) is 5.01. The summed E-state index contributed by atoms with van der Waals surface area (Å²) in [6.45, 7) is 0.382. The Hall–Kier alpha value is -1.66. The van der Waals surface area contributed by atoms with Crippen LogP contribution in [-0.2, 0) is 11.9 Å². The highest BCUT2D eigenvalue weighted by molar-refractivity contribution is 7.98. The van der Waals surface area contributed by atoms with Crippen molar-refractivity contribution in [1.82, 2.24) is 5.32 Å². The molecule has 0 aliphatic heterocycles. The maximum atomic E-state index is 12.6. The van der Waals surface area contributed by atoms with Crippen LogP contribution in [0.5, 0.6) is 0 Å². The number of carbonyl (C=O) groups excluding carboxylic acids is 1. The molecule has 0 aromatic heterocycles. The third-order valence-corrected chi connectivity index (χ3v) is 4.45. The van der Waals surface area contributed by atoms with Crippen LogP contribution in [0.3, 0.4) is 0 Å². The minimum atomic E-state index is -4.45. The lowest BCUT2D eigenvalue weighted by Gasteiger charge is -2.09. The maximum absolute atomic E-state index is 12.6. The molecule has 7 heteroatoms. The Bertz CT molecular complexity index is 689. The molecule has 24 heavy (non-hydrogen) atoms. The average Bonchev–Trinajstić information content (AvgIpc) is 2.55. The van der Waals surface area contributed by atoms with E-state index in [-0.39, 0.29) is 5.56 Å². The zero-order valence-corrected chi connectivity index (χ0v) is 14.1. The molecule has 0 unspecified atom stereocenters. The number of rotatable bonds is 6. The van der Waals surface area contributed by atoms with E-state index in [0.717, 1.165) is 23.4 Å². The largest absolute Gasteiger partial charge is 0.416 e. The fraction of sp³-hybridized carbons (Fsp3) is 0.235. The molecule has 0 bridgehead atoms. The first kappa shape index (κ1) is 18.7. The summed E-state index contributed by atoms with van der Waals surface area (Å²) < 4.78 is 37.9. The van der Waals surface area contributed by atoms with Gasteiger partial charge in [0.15, 0.2) is 0 Å². The Balaban J connectivity index is 1.76. The van der Waals surface area contributed by atoms with Gasteiger partial charge in [0, 0.05) is 28.6 Å². The third kappa shape index (κ3) is 5.76. The Kier molecular flexibility index (Phi) is 6.57. The van der Waals surface area contributed by atoms with Gasteiger partial charge in [-0.2, -0.15) is 24.9 Å². The number of benzene rings is 2. The van der Waals surface area contributed by atoms with Gasteiger partial charge in [0.1, 0.15) is 0 Å². The molecule has 0 fully saturated rings. The van der Waals surface area contributed by atoms with Gasteiger partial charge in [-0.1, -0.05) is 29.8 Å². The van der Waals surface area contributed by atoms with Crippen LogP contribution in [0.2, 0.25) is 5.02 Å². The monoisotopic (exact) mass is 373 g/mol. The molecule has 1 N–H and O–H groups in total. The number of thioether (sulfide) groups is 1. The first-order valence-electron chi connectivity index (χ1n) is 7.14. The predicted molar refractivity (Wildman–Crippen MR) is 91.4 cm³/mol. The molecule has 2 aromatic rings. The molecule has 0 atom stereocenters. The van der Waals surface area contributed by atoms with Crippen LogP contribution in [0.1, 0.15) is 21.5 Å². The van der Waals surface area contributed by atoms with E-state index in [4.69, 9.17) is 11.6 Å². The lowest BCUT2D eigenvalue weighted by Crippen LogP contribution is -2.26. The summed E-state index contributed by atoms with van der Waals surface area (Å²) >= 11 is 7.42. The third-order valence-electron chi connectivity index (χ3n) is 3.17. The Morgan fingerprint density at radius 3 is 2.50 bits per heavy atom. The smallest absolute Gasteiger partial charge is 0.351 e. The van der Waals surface area contributed by atoms with Crippen LogP contribution in [-0.4, -0.2) is 18.2 Å². The number of carbonyl (C=O) groups is 1. The van der Waals surface area contributed by atoms with E-state index in [2.05, 4.69) is 5.32 Å². The van der Waals surface area contributed by atoms with Crippen LogP contribution >= 0.6 is 23.4 Å². The quantitative estimate of drug-likeness (QED) is 0.720. The molecular weight excluding hydrogens is 359 g/mol. The molecule has 128 valence electrons. The molecule has 0 heterocycles.